The lowest BCUT2D eigenvalue weighted by Crippen LogP contribution is -2.49. The fourth-order valence-electron chi connectivity index (χ4n) is 0.882. The van der Waals surface area contributed by atoms with Crippen LogP contribution in [0.2, 0.25) is 0 Å². The zero-order valence-electron chi connectivity index (χ0n) is 9.04. The maximum absolute atomic E-state index is 11.1. The molecule has 0 aliphatic carbocycles. The number of ether oxygens (including phenoxy) is 3. The van der Waals surface area contributed by atoms with Crippen LogP contribution in [0.25, 0.3) is 0 Å². The second kappa shape index (κ2) is 6.75. The SMILES string of the molecule is COCCCOCC(C)(N)C(=O)OC. The Labute approximate surface area is 84.5 Å². The number of methoxy groups -OCH3 is 2. The van der Waals surface area contributed by atoms with Gasteiger partial charge in [0.05, 0.1) is 13.7 Å². The summed E-state index contributed by atoms with van der Waals surface area (Å²) in [6.45, 7) is 2.90. The highest BCUT2D eigenvalue weighted by Crippen LogP contribution is 2.02. The van der Waals surface area contributed by atoms with E-state index < -0.39 is 11.5 Å². The molecule has 1 unspecified atom stereocenters. The van der Waals surface area contributed by atoms with E-state index in [-0.39, 0.29) is 6.61 Å². The van der Waals surface area contributed by atoms with Crippen LogP contribution in [0.15, 0.2) is 0 Å². The summed E-state index contributed by atoms with van der Waals surface area (Å²) in [5.41, 5.74) is 4.59. The molecule has 0 heterocycles. The molecule has 0 amide bonds. The predicted molar refractivity (Wildman–Crippen MR) is 51.9 cm³/mol. The van der Waals surface area contributed by atoms with Crippen LogP contribution in [-0.2, 0) is 19.0 Å². The molecule has 0 saturated carbocycles. The van der Waals surface area contributed by atoms with Gasteiger partial charge in [0.1, 0.15) is 5.54 Å². The van der Waals surface area contributed by atoms with E-state index in [2.05, 4.69) is 4.74 Å². The molecule has 0 aliphatic rings. The number of hydrogen-bond donors (Lipinski definition) is 1. The fourth-order valence-corrected chi connectivity index (χ4v) is 0.882. The predicted octanol–water partition coefficient (Wildman–Crippen LogP) is -0.0701. The van der Waals surface area contributed by atoms with E-state index in [9.17, 15) is 4.79 Å². The molecule has 0 aromatic heterocycles. The largest absolute Gasteiger partial charge is 0.468 e. The quantitative estimate of drug-likeness (QED) is 0.465. The van der Waals surface area contributed by atoms with Gasteiger partial charge in [-0.3, -0.25) is 0 Å². The Hall–Kier alpha value is -0.650. The van der Waals surface area contributed by atoms with Crippen LogP contribution < -0.4 is 5.73 Å². The highest BCUT2D eigenvalue weighted by Gasteiger charge is 2.29. The molecular formula is C9H19NO4. The summed E-state index contributed by atoms with van der Waals surface area (Å²) < 4.78 is 14.6. The molecule has 0 aliphatic heterocycles. The summed E-state index contributed by atoms with van der Waals surface area (Å²) in [7, 11) is 2.93. The standard InChI is InChI=1S/C9H19NO4/c1-9(10,8(11)13-3)7-14-6-4-5-12-2/h4-7,10H2,1-3H3. The third kappa shape index (κ3) is 5.16. The first-order valence-corrected chi connectivity index (χ1v) is 4.48. The second-order valence-electron chi connectivity index (χ2n) is 3.31. The van der Waals surface area contributed by atoms with Gasteiger partial charge >= 0.3 is 5.97 Å². The zero-order valence-corrected chi connectivity index (χ0v) is 9.04. The van der Waals surface area contributed by atoms with Gasteiger partial charge in [-0.1, -0.05) is 0 Å². The lowest BCUT2D eigenvalue weighted by molar-refractivity contribution is -0.148. The molecule has 2 N–H and O–H groups in total. The lowest BCUT2D eigenvalue weighted by atomic mass is 10.1. The molecule has 0 saturated heterocycles. The van der Waals surface area contributed by atoms with Crippen molar-refractivity contribution in [3.63, 3.8) is 0 Å². The molecule has 14 heavy (non-hydrogen) atoms. The van der Waals surface area contributed by atoms with Crippen molar-refractivity contribution in [2.75, 3.05) is 34.0 Å². The van der Waals surface area contributed by atoms with Crippen LogP contribution in [0, 0.1) is 0 Å². The summed E-state index contributed by atoms with van der Waals surface area (Å²) in [6, 6.07) is 0. The topological polar surface area (TPSA) is 70.8 Å². The van der Waals surface area contributed by atoms with E-state index in [1.54, 1.807) is 14.0 Å². The number of rotatable bonds is 7. The van der Waals surface area contributed by atoms with Crippen molar-refractivity contribution in [3.05, 3.63) is 0 Å². The van der Waals surface area contributed by atoms with E-state index in [1.807, 2.05) is 0 Å². The van der Waals surface area contributed by atoms with E-state index >= 15 is 0 Å². The third-order valence-corrected chi connectivity index (χ3v) is 1.69. The van der Waals surface area contributed by atoms with Crippen LogP contribution in [0.1, 0.15) is 13.3 Å². The first kappa shape index (κ1) is 13.4. The molecule has 0 spiro atoms. The Kier molecular flexibility index (Phi) is 6.44. The molecule has 84 valence electrons. The van der Waals surface area contributed by atoms with Crippen LogP contribution in [0.5, 0.6) is 0 Å². The van der Waals surface area contributed by atoms with Gasteiger partial charge in [0.2, 0.25) is 0 Å². The van der Waals surface area contributed by atoms with Crippen LogP contribution in [0.3, 0.4) is 0 Å². The van der Waals surface area contributed by atoms with Gasteiger partial charge in [0.15, 0.2) is 0 Å². The molecule has 0 bridgehead atoms. The smallest absolute Gasteiger partial charge is 0.327 e. The van der Waals surface area contributed by atoms with Crippen molar-refractivity contribution in [2.24, 2.45) is 5.73 Å². The number of carbonyl (C=O) groups excluding carboxylic acids is 1. The molecule has 0 radical (unpaired) electrons. The summed E-state index contributed by atoms with van der Waals surface area (Å²) in [4.78, 5) is 11.1. The van der Waals surface area contributed by atoms with E-state index in [0.717, 1.165) is 6.42 Å². The fraction of sp³-hybridized carbons (Fsp3) is 0.889. The van der Waals surface area contributed by atoms with Crippen molar-refractivity contribution in [1.82, 2.24) is 0 Å². The molecule has 0 fully saturated rings. The van der Waals surface area contributed by atoms with Crippen molar-refractivity contribution in [1.29, 1.82) is 0 Å². The molecular weight excluding hydrogens is 186 g/mol. The Morgan fingerprint density at radius 3 is 2.50 bits per heavy atom. The molecule has 5 heteroatoms. The zero-order chi connectivity index (χ0) is 11.0. The summed E-state index contributed by atoms with van der Waals surface area (Å²) in [5, 5.41) is 0. The monoisotopic (exact) mass is 205 g/mol. The Bertz CT molecular complexity index is 170. The molecule has 0 aromatic rings. The minimum Gasteiger partial charge on any atom is -0.468 e. The van der Waals surface area contributed by atoms with Gasteiger partial charge in [0, 0.05) is 20.3 Å². The number of nitrogens with two attached hydrogens (primary N) is 1. The van der Waals surface area contributed by atoms with Gasteiger partial charge in [0.25, 0.3) is 0 Å². The minimum atomic E-state index is -1.07. The van der Waals surface area contributed by atoms with Crippen LogP contribution >= 0.6 is 0 Å². The van der Waals surface area contributed by atoms with E-state index in [0.29, 0.717) is 13.2 Å². The molecule has 0 aromatic carbocycles. The van der Waals surface area contributed by atoms with Crippen molar-refractivity contribution >= 4 is 5.97 Å². The van der Waals surface area contributed by atoms with Gasteiger partial charge < -0.3 is 19.9 Å². The lowest BCUT2D eigenvalue weighted by Gasteiger charge is -2.20. The van der Waals surface area contributed by atoms with E-state index in [4.69, 9.17) is 15.2 Å². The number of carbonyl (C=O) groups is 1. The highest BCUT2D eigenvalue weighted by molar-refractivity contribution is 5.80. The van der Waals surface area contributed by atoms with Crippen molar-refractivity contribution < 1.29 is 19.0 Å². The Balaban J connectivity index is 3.60. The van der Waals surface area contributed by atoms with Crippen molar-refractivity contribution in [3.8, 4) is 0 Å². The first-order valence-electron chi connectivity index (χ1n) is 4.48. The maximum atomic E-state index is 11.1. The molecule has 5 nitrogen and oxygen atoms in total. The summed E-state index contributed by atoms with van der Waals surface area (Å²) in [5.74, 6) is -0.468. The number of esters is 1. The van der Waals surface area contributed by atoms with Gasteiger partial charge in [-0.25, -0.2) is 4.79 Å². The molecule has 0 rings (SSSR count). The molecule has 1 atom stereocenters. The summed E-state index contributed by atoms with van der Waals surface area (Å²) in [6.07, 6.45) is 0.785. The van der Waals surface area contributed by atoms with Gasteiger partial charge in [-0.05, 0) is 13.3 Å². The first-order chi connectivity index (χ1) is 6.54. The third-order valence-electron chi connectivity index (χ3n) is 1.69. The van der Waals surface area contributed by atoms with Crippen LogP contribution in [0.4, 0.5) is 0 Å². The highest BCUT2D eigenvalue weighted by atomic mass is 16.5. The van der Waals surface area contributed by atoms with Crippen molar-refractivity contribution in [2.45, 2.75) is 18.9 Å². The number of hydrogen-bond acceptors (Lipinski definition) is 5. The second-order valence-corrected chi connectivity index (χ2v) is 3.31. The van der Waals surface area contributed by atoms with E-state index in [1.165, 1.54) is 7.11 Å². The van der Waals surface area contributed by atoms with Crippen LogP contribution in [-0.4, -0.2) is 45.5 Å². The minimum absolute atomic E-state index is 0.156. The Morgan fingerprint density at radius 2 is 2.00 bits per heavy atom. The normalized spacial score (nSPS) is 14.9. The Morgan fingerprint density at radius 1 is 1.36 bits per heavy atom. The average Bonchev–Trinajstić information content (AvgIpc) is 2.16. The maximum Gasteiger partial charge on any atom is 0.327 e. The summed E-state index contributed by atoms with van der Waals surface area (Å²) >= 11 is 0. The van der Waals surface area contributed by atoms with Gasteiger partial charge in [-0.15, -0.1) is 0 Å². The average molecular weight is 205 g/mol. The van der Waals surface area contributed by atoms with Gasteiger partial charge in [-0.2, -0.15) is 0 Å².